The Balaban J connectivity index is 2.89. The average Bonchev–Trinajstić information content (AvgIpc) is 2.36. The second kappa shape index (κ2) is 6.19. The molecule has 0 amide bonds. The Morgan fingerprint density at radius 2 is 1.94 bits per heavy atom. The molecule has 1 N–H and O–H groups in total. The fourth-order valence-electron chi connectivity index (χ4n) is 1.61. The van der Waals surface area contributed by atoms with E-state index in [1.165, 1.54) is 6.92 Å². The fraction of sp³-hybridized carbons (Fsp3) is 0.429. The smallest absolute Gasteiger partial charge is 0.306 e. The summed E-state index contributed by atoms with van der Waals surface area (Å²) in [5.41, 5.74) is 0.488. The standard InChI is InChI=1S/C14H18O4/c1-4-18-12-7-5-6-11(8-12)13(15)9(2)10(3)14(16)17/h5-10H,4H2,1-3H3,(H,16,17). The minimum atomic E-state index is -0.961. The molecule has 0 bridgehead atoms. The fourth-order valence-corrected chi connectivity index (χ4v) is 1.61. The van der Waals surface area contributed by atoms with Gasteiger partial charge in [0.1, 0.15) is 5.75 Å². The van der Waals surface area contributed by atoms with Gasteiger partial charge in [-0.25, -0.2) is 0 Å². The first-order valence-electron chi connectivity index (χ1n) is 5.97. The third kappa shape index (κ3) is 3.32. The normalized spacial score (nSPS) is 13.7. The number of aliphatic carboxylic acids is 1. The summed E-state index contributed by atoms with van der Waals surface area (Å²) in [4.78, 5) is 23.0. The van der Waals surface area contributed by atoms with Crippen LogP contribution in [0.1, 0.15) is 31.1 Å². The molecule has 1 aromatic carbocycles. The van der Waals surface area contributed by atoms with Gasteiger partial charge in [0.05, 0.1) is 12.5 Å². The molecule has 0 aliphatic carbocycles. The number of rotatable bonds is 6. The van der Waals surface area contributed by atoms with Crippen molar-refractivity contribution in [1.29, 1.82) is 0 Å². The number of benzene rings is 1. The molecule has 2 unspecified atom stereocenters. The van der Waals surface area contributed by atoms with Crippen LogP contribution in [-0.2, 0) is 4.79 Å². The highest BCUT2D eigenvalue weighted by Crippen LogP contribution is 2.20. The molecule has 4 heteroatoms. The highest BCUT2D eigenvalue weighted by molar-refractivity contribution is 5.99. The Labute approximate surface area is 107 Å². The van der Waals surface area contributed by atoms with Crippen LogP contribution in [-0.4, -0.2) is 23.5 Å². The van der Waals surface area contributed by atoms with Crippen molar-refractivity contribution in [1.82, 2.24) is 0 Å². The molecule has 0 spiro atoms. The lowest BCUT2D eigenvalue weighted by Crippen LogP contribution is -2.25. The zero-order chi connectivity index (χ0) is 13.7. The lowest BCUT2D eigenvalue weighted by Gasteiger charge is -2.15. The van der Waals surface area contributed by atoms with Crippen molar-refractivity contribution in [3.63, 3.8) is 0 Å². The molecule has 0 radical (unpaired) electrons. The molecule has 2 atom stereocenters. The molecule has 0 aromatic heterocycles. The van der Waals surface area contributed by atoms with Gasteiger partial charge in [-0.15, -0.1) is 0 Å². The first kappa shape index (κ1) is 14.2. The van der Waals surface area contributed by atoms with Gasteiger partial charge in [-0.05, 0) is 19.1 Å². The van der Waals surface area contributed by atoms with Crippen LogP contribution in [0.25, 0.3) is 0 Å². The van der Waals surface area contributed by atoms with Gasteiger partial charge in [0, 0.05) is 11.5 Å². The monoisotopic (exact) mass is 250 g/mol. The summed E-state index contributed by atoms with van der Waals surface area (Å²) < 4.78 is 5.32. The number of carbonyl (C=O) groups is 2. The molecular formula is C14H18O4. The SMILES string of the molecule is CCOc1cccc(C(=O)C(C)C(C)C(=O)O)c1. The molecule has 0 aliphatic rings. The molecule has 1 aromatic rings. The van der Waals surface area contributed by atoms with Crippen molar-refractivity contribution in [2.24, 2.45) is 11.8 Å². The maximum absolute atomic E-state index is 12.1. The van der Waals surface area contributed by atoms with Gasteiger partial charge in [0.25, 0.3) is 0 Å². The van der Waals surface area contributed by atoms with Gasteiger partial charge < -0.3 is 9.84 Å². The van der Waals surface area contributed by atoms with Crippen molar-refractivity contribution in [3.05, 3.63) is 29.8 Å². The zero-order valence-electron chi connectivity index (χ0n) is 10.8. The van der Waals surface area contributed by atoms with Crippen molar-refractivity contribution in [2.75, 3.05) is 6.61 Å². The molecular weight excluding hydrogens is 232 g/mol. The van der Waals surface area contributed by atoms with Crippen LogP contribution in [0.2, 0.25) is 0 Å². The highest BCUT2D eigenvalue weighted by atomic mass is 16.5. The molecule has 0 saturated heterocycles. The number of Topliss-reactive ketones (excluding diaryl/α,β-unsaturated/α-hetero) is 1. The van der Waals surface area contributed by atoms with Gasteiger partial charge in [-0.3, -0.25) is 9.59 Å². The predicted octanol–water partition coefficient (Wildman–Crippen LogP) is 2.62. The quantitative estimate of drug-likeness (QED) is 0.788. The summed E-state index contributed by atoms with van der Waals surface area (Å²) in [6.45, 7) is 5.56. The number of carboxylic acids is 1. The Hall–Kier alpha value is -1.84. The summed E-state index contributed by atoms with van der Waals surface area (Å²) in [6, 6.07) is 6.83. The Morgan fingerprint density at radius 1 is 1.28 bits per heavy atom. The van der Waals surface area contributed by atoms with Crippen LogP contribution < -0.4 is 4.74 Å². The van der Waals surface area contributed by atoms with Crippen LogP contribution in [0.4, 0.5) is 0 Å². The van der Waals surface area contributed by atoms with E-state index >= 15 is 0 Å². The van der Waals surface area contributed by atoms with E-state index in [9.17, 15) is 9.59 Å². The predicted molar refractivity (Wildman–Crippen MR) is 67.9 cm³/mol. The van der Waals surface area contributed by atoms with Gasteiger partial charge in [-0.2, -0.15) is 0 Å². The minimum absolute atomic E-state index is 0.175. The van der Waals surface area contributed by atoms with E-state index in [-0.39, 0.29) is 5.78 Å². The van der Waals surface area contributed by atoms with Crippen molar-refractivity contribution < 1.29 is 19.4 Å². The molecule has 0 aliphatic heterocycles. The summed E-state index contributed by atoms with van der Waals surface area (Å²) in [5, 5.41) is 8.91. The van der Waals surface area contributed by atoms with E-state index < -0.39 is 17.8 Å². The second-order valence-electron chi connectivity index (χ2n) is 4.24. The van der Waals surface area contributed by atoms with Crippen LogP contribution in [0.3, 0.4) is 0 Å². The molecule has 0 fully saturated rings. The summed E-state index contributed by atoms with van der Waals surface area (Å²) in [7, 11) is 0. The zero-order valence-corrected chi connectivity index (χ0v) is 10.8. The largest absolute Gasteiger partial charge is 0.494 e. The maximum Gasteiger partial charge on any atom is 0.306 e. The van der Waals surface area contributed by atoms with E-state index in [4.69, 9.17) is 9.84 Å². The Kier molecular flexibility index (Phi) is 4.89. The van der Waals surface area contributed by atoms with Gasteiger partial charge in [0.15, 0.2) is 5.78 Å². The van der Waals surface area contributed by atoms with Crippen molar-refractivity contribution in [3.8, 4) is 5.75 Å². The third-order valence-corrected chi connectivity index (χ3v) is 2.98. The Morgan fingerprint density at radius 3 is 2.50 bits per heavy atom. The van der Waals surface area contributed by atoms with Gasteiger partial charge in [-0.1, -0.05) is 26.0 Å². The number of ketones is 1. The molecule has 0 saturated carbocycles. The lowest BCUT2D eigenvalue weighted by atomic mass is 9.88. The van der Waals surface area contributed by atoms with E-state index in [0.29, 0.717) is 17.9 Å². The lowest BCUT2D eigenvalue weighted by molar-refractivity contribution is -0.142. The molecule has 0 heterocycles. The summed E-state index contributed by atoms with van der Waals surface area (Å²) in [5.74, 6) is -1.77. The molecule has 18 heavy (non-hydrogen) atoms. The molecule has 1 rings (SSSR count). The molecule has 4 nitrogen and oxygen atoms in total. The van der Waals surface area contributed by atoms with Crippen molar-refractivity contribution in [2.45, 2.75) is 20.8 Å². The van der Waals surface area contributed by atoms with Gasteiger partial charge >= 0.3 is 5.97 Å². The number of hydrogen-bond acceptors (Lipinski definition) is 3. The maximum atomic E-state index is 12.1. The minimum Gasteiger partial charge on any atom is -0.494 e. The van der Waals surface area contributed by atoms with Crippen LogP contribution >= 0.6 is 0 Å². The van der Waals surface area contributed by atoms with Crippen LogP contribution in [0.15, 0.2) is 24.3 Å². The van der Waals surface area contributed by atoms with Crippen LogP contribution in [0.5, 0.6) is 5.75 Å². The second-order valence-corrected chi connectivity index (χ2v) is 4.24. The number of carbonyl (C=O) groups excluding carboxylic acids is 1. The van der Waals surface area contributed by atoms with Crippen molar-refractivity contribution >= 4 is 11.8 Å². The van der Waals surface area contributed by atoms with E-state index in [2.05, 4.69) is 0 Å². The summed E-state index contributed by atoms with van der Waals surface area (Å²) >= 11 is 0. The van der Waals surface area contributed by atoms with E-state index in [1.54, 1.807) is 31.2 Å². The summed E-state index contributed by atoms with van der Waals surface area (Å²) in [6.07, 6.45) is 0. The van der Waals surface area contributed by atoms with E-state index in [0.717, 1.165) is 0 Å². The first-order chi connectivity index (χ1) is 8.47. The Bertz CT molecular complexity index is 439. The third-order valence-electron chi connectivity index (χ3n) is 2.98. The number of hydrogen-bond donors (Lipinski definition) is 1. The number of carboxylic acid groups (broad SMARTS) is 1. The van der Waals surface area contributed by atoms with Crippen LogP contribution in [0, 0.1) is 11.8 Å². The topological polar surface area (TPSA) is 63.6 Å². The van der Waals surface area contributed by atoms with Gasteiger partial charge in [0.2, 0.25) is 0 Å². The number of ether oxygens (including phenoxy) is 1. The molecule has 98 valence electrons. The average molecular weight is 250 g/mol. The first-order valence-corrected chi connectivity index (χ1v) is 5.97. The van der Waals surface area contributed by atoms with E-state index in [1.807, 2.05) is 6.92 Å². The highest BCUT2D eigenvalue weighted by Gasteiger charge is 2.26.